The van der Waals surface area contributed by atoms with Gasteiger partial charge in [-0.2, -0.15) is 0 Å². The number of hydrogen-bond acceptors (Lipinski definition) is 5. The number of amides is 1. The largest absolute Gasteiger partial charge is 0.465 e. The molecule has 0 aromatic carbocycles. The van der Waals surface area contributed by atoms with Crippen LogP contribution in [0.4, 0.5) is 0 Å². The Morgan fingerprint density at radius 3 is 2.70 bits per heavy atom. The molecule has 0 saturated heterocycles. The van der Waals surface area contributed by atoms with E-state index in [-0.39, 0.29) is 24.9 Å². The molecule has 0 spiro atoms. The molecule has 0 radical (unpaired) electrons. The standard InChI is InChI=1S/C13H20N2O4.ClH/c1-9-11(13(17)18-3)7-10(19-9)8-15-12(16)5-4-6-14-2;/h7,14H,4-6,8H2,1-3H3,(H,15,16);1H. The van der Waals surface area contributed by atoms with Crippen LogP contribution in [0.2, 0.25) is 0 Å². The number of rotatable bonds is 7. The highest BCUT2D eigenvalue weighted by atomic mass is 35.5. The van der Waals surface area contributed by atoms with Gasteiger partial charge in [-0.3, -0.25) is 4.79 Å². The van der Waals surface area contributed by atoms with Crippen LogP contribution in [0.25, 0.3) is 0 Å². The van der Waals surface area contributed by atoms with Gasteiger partial charge in [0, 0.05) is 6.42 Å². The maximum atomic E-state index is 11.5. The Balaban J connectivity index is 0.00000361. The van der Waals surface area contributed by atoms with E-state index in [1.807, 2.05) is 7.05 Å². The van der Waals surface area contributed by atoms with Crippen molar-refractivity contribution in [1.82, 2.24) is 10.6 Å². The van der Waals surface area contributed by atoms with Crippen molar-refractivity contribution in [2.45, 2.75) is 26.3 Å². The van der Waals surface area contributed by atoms with E-state index < -0.39 is 5.97 Å². The van der Waals surface area contributed by atoms with Crippen molar-refractivity contribution >= 4 is 24.3 Å². The molecule has 1 rings (SSSR count). The minimum Gasteiger partial charge on any atom is -0.465 e. The molecule has 20 heavy (non-hydrogen) atoms. The molecule has 6 nitrogen and oxygen atoms in total. The molecule has 0 fully saturated rings. The third kappa shape index (κ3) is 5.63. The Morgan fingerprint density at radius 2 is 2.10 bits per heavy atom. The van der Waals surface area contributed by atoms with Crippen LogP contribution in [-0.2, 0) is 16.1 Å². The first-order valence-corrected chi connectivity index (χ1v) is 6.17. The second-order valence-corrected chi connectivity index (χ2v) is 4.16. The number of aryl methyl sites for hydroxylation is 1. The fourth-order valence-corrected chi connectivity index (χ4v) is 1.64. The summed E-state index contributed by atoms with van der Waals surface area (Å²) in [7, 11) is 3.16. The quantitative estimate of drug-likeness (QED) is 0.588. The predicted octanol–water partition coefficient (Wildman–Crippen LogP) is 1.41. The van der Waals surface area contributed by atoms with Crippen molar-refractivity contribution in [3.8, 4) is 0 Å². The summed E-state index contributed by atoms with van der Waals surface area (Å²) >= 11 is 0. The number of esters is 1. The average molecular weight is 305 g/mol. The number of nitrogens with one attached hydrogen (secondary N) is 2. The number of ether oxygens (including phenoxy) is 1. The molecule has 1 aromatic heterocycles. The van der Waals surface area contributed by atoms with Gasteiger partial charge < -0.3 is 19.8 Å². The van der Waals surface area contributed by atoms with Gasteiger partial charge in [0.05, 0.1) is 13.7 Å². The zero-order valence-electron chi connectivity index (χ0n) is 11.9. The summed E-state index contributed by atoms with van der Waals surface area (Å²) in [6.07, 6.45) is 1.25. The third-order valence-corrected chi connectivity index (χ3v) is 2.66. The van der Waals surface area contributed by atoms with Crippen molar-refractivity contribution in [3.05, 3.63) is 23.2 Å². The Labute approximate surface area is 124 Å². The third-order valence-electron chi connectivity index (χ3n) is 2.66. The Hall–Kier alpha value is -1.53. The van der Waals surface area contributed by atoms with E-state index in [0.29, 0.717) is 23.5 Å². The maximum absolute atomic E-state index is 11.5. The van der Waals surface area contributed by atoms with E-state index in [1.54, 1.807) is 13.0 Å². The van der Waals surface area contributed by atoms with Gasteiger partial charge in [-0.05, 0) is 33.0 Å². The van der Waals surface area contributed by atoms with Crippen LogP contribution in [0, 0.1) is 6.92 Å². The highest BCUT2D eigenvalue weighted by molar-refractivity contribution is 5.90. The van der Waals surface area contributed by atoms with Gasteiger partial charge in [-0.1, -0.05) is 0 Å². The summed E-state index contributed by atoms with van der Waals surface area (Å²) < 4.78 is 10.0. The second-order valence-electron chi connectivity index (χ2n) is 4.16. The topological polar surface area (TPSA) is 80.6 Å². The van der Waals surface area contributed by atoms with E-state index in [9.17, 15) is 9.59 Å². The van der Waals surface area contributed by atoms with Crippen LogP contribution in [-0.4, -0.2) is 32.6 Å². The van der Waals surface area contributed by atoms with Gasteiger partial charge in [-0.15, -0.1) is 12.4 Å². The van der Waals surface area contributed by atoms with Crippen molar-refractivity contribution < 1.29 is 18.7 Å². The monoisotopic (exact) mass is 304 g/mol. The number of furan rings is 1. The highest BCUT2D eigenvalue weighted by Crippen LogP contribution is 2.15. The van der Waals surface area contributed by atoms with Crippen LogP contribution in [0.3, 0.4) is 0 Å². The van der Waals surface area contributed by atoms with Gasteiger partial charge in [0.15, 0.2) is 0 Å². The Bertz CT molecular complexity index is 446. The molecule has 1 heterocycles. The summed E-state index contributed by atoms with van der Waals surface area (Å²) in [5.74, 6) is 0.558. The first kappa shape index (κ1) is 18.5. The molecule has 0 aliphatic carbocycles. The molecule has 0 aliphatic rings. The molecule has 0 atom stereocenters. The SMILES string of the molecule is CNCCCC(=O)NCc1cc(C(=O)OC)c(C)o1.Cl. The molecule has 1 aromatic rings. The van der Waals surface area contributed by atoms with E-state index in [0.717, 1.165) is 13.0 Å². The normalized spacial score (nSPS) is 9.75. The molecular weight excluding hydrogens is 284 g/mol. The predicted molar refractivity (Wildman–Crippen MR) is 77.0 cm³/mol. The van der Waals surface area contributed by atoms with Crippen molar-refractivity contribution in [2.24, 2.45) is 0 Å². The molecule has 114 valence electrons. The average Bonchev–Trinajstić information content (AvgIpc) is 2.77. The molecule has 0 unspecified atom stereocenters. The molecule has 7 heteroatoms. The fourth-order valence-electron chi connectivity index (χ4n) is 1.64. The number of carbonyl (C=O) groups excluding carboxylic acids is 2. The lowest BCUT2D eigenvalue weighted by molar-refractivity contribution is -0.121. The maximum Gasteiger partial charge on any atom is 0.341 e. The zero-order chi connectivity index (χ0) is 14.3. The number of carbonyl (C=O) groups is 2. The number of halogens is 1. The highest BCUT2D eigenvalue weighted by Gasteiger charge is 2.15. The zero-order valence-corrected chi connectivity index (χ0v) is 12.8. The summed E-state index contributed by atoms with van der Waals surface area (Å²) in [6, 6.07) is 1.59. The number of hydrogen-bond donors (Lipinski definition) is 2. The van der Waals surface area contributed by atoms with Crippen LogP contribution < -0.4 is 10.6 Å². The van der Waals surface area contributed by atoms with E-state index >= 15 is 0 Å². The minimum absolute atomic E-state index is 0. The number of methoxy groups -OCH3 is 1. The molecule has 0 bridgehead atoms. The van der Waals surface area contributed by atoms with Gasteiger partial charge >= 0.3 is 5.97 Å². The molecule has 0 aliphatic heterocycles. The summed E-state index contributed by atoms with van der Waals surface area (Å²) in [6.45, 7) is 2.76. The molecule has 0 saturated carbocycles. The van der Waals surface area contributed by atoms with Gasteiger partial charge in [0.1, 0.15) is 17.1 Å². The first-order chi connectivity index (χ1) is 9.08. The Morgan fingerprint density at radius 1 is 1.40 bits per heavy atom. The van der Waals surface area contributed by atoms with Gasteiger partial charge in [0.25, 0.3) is 0 Å². The van der Waals surface area contributed by atoms with E-state index in [2.05, 4.69) is 15.4 Å². The first-order valence-electron chi connectivity index (χ1n) is 6.17. The Kier molecular flexibility index (Phi) is 8.67. The van der Waals surface area contributed by atoms with Gasteiger partial charge in [-0.25, -0.2) is 4.79 Å². The molecular formula is C13H21ClN2O4. The van der Waals surface area contributed by atoms with Crippen LogP contribution in [0.1, 0.15) is 34.7 Å². The fraction of sp³-hybridized carbons (Fsp3) is 0.538. The van der Waals surface area contributed by atoms with Crippen molar-refractivity contribution in [2.75, 3.05) is 20.7 Å². The molecule has 2 N–H and O–H groups in total. The van der Waals surface area contributed by atoms with E-state index in [1.165, 1.54) is 7.11 Å². The summed E-state index contributed by atoms with van der Waals surface area (Å²) in [5, 5.41) is 5.72. The lowest BCUT2D eigenvalue weighted by atomic mass is 10.2. The van der Waals surface area contributed by atoms with Gasteiger partial charge in [0.2, 0.25) is 5.91 Å². The van der Waals surface area contributed by atoms with E-state index in [4.69, 9.17) is 4.42 Å². The molecule has 1 amide bonds. The van der Waals surface area contributed by atoms with Crippen molar-refractivity contribution in [3.63, 3.8) is 0 Å². The summed E-state index contributed by atoms with van der Waals surface area (Å²) in [5.41, 5.74) is 0.391. The van der Waals surface area contributed by atoms with Crippen LogP contribution in [0.5, 0.6) is 0 Å². The second kappa shape index (κ2) is 9.39. The summed E-state index contributed by atoms with van der Waals surface area (Å²) in [4.78, 5) is 22.9. The lowest BCUT2D eigenvalue weighted by Gasteiger charge is -2.02. The van der Waals surface area contributed by atoms with Crippen LogP contribution in [0.15, 0.2) is 10.5 Å². The minimum atomic E-state index is -0.437. The smallest absolute Gasteiger partial charge is 0.341 e. The lowest BCUT2D eigenvalue weighted by Crippen LogP contribution is -2.23. The van der Waals surface area contributed by atoms with Crippen LogP contribution >= 0.6 is 12.4 Å². The van der Waals surface area contributed by atoms with Crippen molar-refractivity contribution in [1.29, 1.82) is 0 Å².